The Morgan fingerprint density at radius 2 is 2.18 bits per heavy atom. The van der Waals surface area contributed by atoms with Crippen LogP contribution in [0.25, 0.3) is 0 Å². The Morgan fingerprint density at radius 1 is 1.41 bits per heavy atom. The Hall–Kier alpha value is -1.26. The van der Waals surface area contributed by atoms with E-state index in [-0.39, 0.29) is 17.9 Å². The van der Waals surface area contributed by atoms with Gasteiger partial charge in [-0.3, -0.25) is 0 Å². The van der Waals surface area contributed by atoms with Crippen LogP contribution in [0.5, 0.6) is 11.5 Å². The molecule has 0 spiro atoms. The van der Waals surface area contributed by atoms with Crippen LogP contribution in [0.4, 0.5) is 0 Å². The fourth-order valence-electron chi connectivity index (χ4n) is 2.36. The molecule has 0 unspecified atom stereocenters. The summed E-state index contributed by atoms with van der Waals surface area (Å²) < 4.78 is 10.6. The molecular weight excluding hydrogens is 218 g/mol. The van der Waals surface area contributed by atoms with Crippen molar-refractivity contribution in [3.63, 3.8) is 0 Å². The monoisotopic (exact) mass is 237 g/mol. The Balaban J connectivity index is 2.32. The first-order chi connectivity index (χ1) is 8.20. The molecule has 0 aromatic heterocycles. The zero-order valence-electron chi connectivity index (χ0n) is 10.3. The maximum Gasteiger partial charge on any atom is 0.122 e. The number of methoxy groups -OCH3 is 2. The van der Waals surface area contributed by atoms with Gasteiger partial charge in [-0.1, -0.05) is 0 Å². The van der Waals surface area contributed by atoms with E-state index in [9.17, 15) is 5.11 Å². The summed E-state index contributed by atoms with van der Waals surface area (Å²) in [5, 5.41) is 9.43. The van der Waals surface area contributed by atoms with Gasteiger partial charge in [0.25, 0.3) is 0 Å². The fraction of sp³-hybridized carbons (Fsp3) is 0.538. The van der Waals surface area contributed by atoms with Gasteiger partial charge in [0, 0.05) is 17.5 Å². The van der Waals surface area contributed by atoms with Crippen molar-refractivity contribution >= 4 is 0 Å². The number of ether oxygens (including phenoxy) is 2. The van der Waals surface area contributed by atoms with Crippen molar-refractivity contribution in [2.45, 2.75) is 12.3 Å². The molecule has 2 rings (SSSR count). The van der Waals surface area contributed by atoms with Crippen LogP contribution in [0.2, 0.25) is 0 Å². The minimum atomic E-state index is -0.167. The number of hydrogen-bond donors (Lipinski definition) is 2. The molecule has 0 heterocycles. The normalized spacial score (nSPS) is 26.7. The second kappa shape index (κ2) is 4.55. The molecule has 0 aliphatic heterocycles. The highest BCUT2D eigenvalue weighted by Gasteiger charge is 2.54. The first kappa shape index (κ1) is 12.2. The van der Waals surface area contributed by atoms with E-state index in [0.717, 1.165) is 23.5 Å². The highest BCUT2D eigenvalue weighted by Crippen LogP contribution is 2.60. The lowest BCUT2D eigenvalue weighted by Crippen LogP contribution is -2.21. The Labute approximate surface area is 101 Å². The molecule has 0 saturated heterocycles. The topological polar surface area (TPSA) is 64.7 Å². The molecule has 3 N–H and O–H groups in total. The first-order valence-electron chi connectivity index (χ1n) is 5.73. The SMILES string of the molecule is COc1ccc(OC)c([C@H]2C[C@@]2(CN)CO)c1. The quantitative estimate of drug-likeness (QED) is 0.805. The van der Waals surface area contributed by atoms with E-state index in [0.29, 0.717) is 6.54 Å². The molecule has 1 aromatic carbocycles. The molecule has 94 valence electrons. The largest absolute Gasteiger partial charge is 0.497 e. The van der Waals surface area contributed by atoms with Crippen LogP contribution in [-0.4, -0.2) is 32.5 Å². The lowest BCUT2D eigenvalue weighted by Gasteiger charge is -2.14. The fourth-order valence-corrected chi connectivity index (χ4v) is 2.36. The van der Waals surface area contributed by atoms with Gasteiger partial charge in [-0.15, -0.1) is 0 Å². The standard InChI is InChI=1S/C13H19NO3/c1-16-9-3-4-12(17-2)10(5-9)11-6-13(11,7-14)8-15/h3-5,11,15H,6-8,14H2,1-2H3/t11-,13-/m1/s1. The summed E-state index contributed by atoms with van der Waals surface area (Å²) in [6, 6.07) is 5.73. The second-order valence-electron chi connectivity index (χ2n) is 4.59. The number of rotatable bonds is 5. The number of hydrogen-bond acceptors (Lipinski definition) is 4. The van der Waals surface area contributed by atoms with Crippen molar-refractivity contribution < 1.29 is 14.6 Å². The van der Waals surface area contributed by atoms with Crippen molar-refractivity contribution in [3.8, 4) is 11.5 Å². The van der Waals surface area contributed by atoms with Gasteiger partial charge in [0.15, 0.2) is 0 Å². The van der Waals surface area contributed by atoms with Crippen molar-refractivity contribution in [2.24, 2.45) is 11.1 Å². The maximum absolute atomic E-state index is 9.43. The Bertz CT molecular complexity index is 402. The predicted octanol–water partition coefficient (Wildman–Crippen LogP) is 1.13. The minimum absolute atomic E-state index is 0.120. The summed E-state index contributed by atoms with van der Waals surface area (Å²) in [6.07, 6.45) is 0.906. The van der Waals surface area contributed by atoms with Crippen LogP contribution >= 0.6 is 0 Å². The summed E-state index contributed by atoms with van der Waals surface area (Å²) in [5.74, 6) is 1.90. The third-order valence-electron chi connectivity index (χ3n) is 3.72. The molecule has 1 aromatic rings. The van der Waals surface area contributed by atoms with Gasteiger partial charge in [0.1, 0.15) is 11.5 Å². The summed E-state index contributed by atoms with van der Waals surface area (Å²) >= 11 is 0. The van der Waals surface area contributed by atoms with Gasteiger partial charge >= 0.3 is 0 Å². The van der Waals surface area contributed by atoms with Crippen molar-refractivity contribution in [3.05, 3.63) is 23.8 Å². The molecule has 0 bridgehead atoms. The molecule has 0 amide bonds. The number of aliphatic hydroxyl groups is 1. The predicted molar refractivity (Wildman–Crippen MR) is 65.5 cm³/mol. The summed E-state index contributed by atoms with van der Waals surface area (Å²) in [7, 11) is 3.29. The zero-order valence-corrected chi connectivity index (χ0v) is 10.3. The average Bonchev–Trinajstić information content (AvgIpc) is 3.13. The lowest BCUT2D eigenvalue weighted by atomic mass is 9.99. The van der Waals surface area contributed by atoms with Gasteiger partial charge in [-0.05, 0) is 30.5 Å². The van der Waals surface area contributed by atoms with Crippen LogP contribution in [0.3, 0.4) is 0 Å². The highest BCUT2D eigenvalue weighted by atomic mass is 16.5. The van der Waals surface area contributed by atoms with Gasteiger partial charge in [-0.25, -0.2) is 0 Å². The van der Waals surface area contributed by atoms with E-state index in [1.54, 1.807) is 14.2 Å². The second-order valence-corrected chi connectivity index (χ2v) is 4.59. The van der Waals surface area contributed by atoms with Gasteiger partial charge in [0.05, 0.1) is 20.8 Å². The van der Waals surface area contributed by atoms with Crippen LogP contribution in [0, 0.1) is 5.41 Å². The molecule has 0 radical (unpaired) electrons. The average molecular weight is 237 g/mol. The third kappa shape index (κ3) is 1.98. The molecule has 17 heavy (non-hydrogen) atoms. The van der Waals surface area contributed by atoms with Crippen LogP contribution in [-0.2, 0) is 0 Å². The summed E-state index contributed by atoms with van der Waals surface area (Å²) in [4.78, 5) is 0. The van der Waals surface area contributed by atoms with Crippen molar-refractivity contribution in [2.75, 3.05) is 27.4 Å². The molecule has 1 aliphatic rings. The van der Waals surface area contributed by atoms with Gasteiger partial charge in [0.2, 0.25) is 0 Å². The minimum Gasteiger partial charge on any atom is -0.497 e. The smallest absolute Gasteiger partial charge is 0.122 e. The van der Waals surface area contributed by atoms with E-state index in [2.05, 4.69) is 0 Å². The molecule has 1 fully saturated rings. The molecule has 4 nitrogen and oxygen atoms in total. The van der Waals surface area contributed by atoms with Crippen molar-refractivity contribution in [1.82, 2.24) is 0 Å². The van der Waals surface area contributed by atoms with Crippen LogP contribution < -0.4 is 15.2 Å². The summed E-state index contributed by atoms with van der Waals surface area (Å²) in [6.45, 7) is 0.614. The van der Waals surface area contributed by atoms with E-state index < -0.39 is 0 Å². The molecule has 4 heteroatoms. The van der Waals surface area contributed by atoms with E-state index in [1.165, 1.54) is 0 Å². The van der Waals surface area contributed by atoms with Crippen molar-refractivity contribution in [1.29, 1.82) is 0 Å². The Kier molecular flexibility index (Phi) is 3.26. The van der Waals surface area contributed by atoms with Crippen LogP contribution in [0.15, 0.2) is 18.2 Å². The molecule has 2 atom stereocenters. The van der Waals surface area contributed by atoms with Crippen LogP contribution in [0.1, 0.15) is 17.9 Å². The first-order valence-corrected chi connectivity index (χ1v) is 5.73. The Morgan fingerprint density at radius 3 is 2.65 bits per heavy atom. The number of benzene rings is 1. The van der Waals surface area contributed by atoms with Gasteiger partial charge < -0.3 is 20.3 Å². The zero-order chi connectivity index (χ0) is 12.5. The van der Waals surface area contributed by atoms with E-state index in [1.807, 2.05) is 18.2 Å². The third-order valence-corrected chi connectivity index (χ3v) is 3.72. The molecular formula is C13H19NO3. The lowest BCUT2D eigenvalue weighted by molar-refractivity contribution is 0.211. The number of aliphatic hydroxyl groups excluding tert-OH is 1. The van der Waals surface area contributed by atoms with E-state index in [4.69, 9.17) is 15.2 Å². The number of nitrogens with two attached hydrogens (primary N) is 1. The van der Waals surface area contributed by atoms with E-state index >= 15 is 0 Å². The van der Waals surface area contributed by atoms with Gasteiger partial charge in [-0.2, -0.15) is 0 Å². The summed E-state index contributed by atoms with van der Waals surface area (Å²) in [5.41, 5.74) is 6.65. The maximum atomic E-state index is 9.43. The highest BCUT2D eigenvalue weighted by molar-refractivity contribution is 5.46. The molecule has 1 aliphatic carbocycles. The molecule has 1 saturated carbocycles.